The molecule has 8 heteroatoms. The second-order valence-corrected chi connectivity index (χ2v) is 7.27. The van der Waals surface area contributed by atoms with Crippen molar-refractivity contribution in [3.63, 3.8) is 0 Å². The fourth-order valence-corrected chi connectivity index (χ4v) is 3.76. The first kappa shape index (κ1) is 19.9. The van der Waals surface area contributed by atoms with Gasteiger partial charge in [0.15, 0.2) is 0 Å². The maximum atomic E-state index is 14.6. The number of carbonyl (C=O) groups excluding carboxylic acids is 2. The number of nitrogens with zero attached hydrogens (tertiary/aromatic N) is 1. The topological polar surface area (TPSA) is 70.7 Å². The average Bonchev–Trinajstić information content (AvgIpc) is 3.53. The molecule has 1 aliphatic heterocycles. The second-order valence-electron chi connectivity index (χ2n) is 7.27. The Labute approximate surface area is 172 Å². The minimum atomic E-state index is -1.26. The Hall–Kier alpha value is -3.42. The highest BCUT2D eigenvalue weighted by Gasteiger charge is 2.43. The normalized spacial score (nSPS) is 18.9. The lowest BCUT2D eigenvalue weighted by Gasteiger charge is -2.36. The monoisotopic (exact) mass is 413 g/mol. The van der Waals surface area contributed by atoms with E-state index in [0.29, 0.717) is 17.1 Å². The third kappa shape index (κ3) is 3.49. The number of halogens is 2. The minimum absolute atomic E-state index is 0.0227. The summed E-state index contributed by atoms with van der Waals surface area (Å²) in [5, 5.41) is 5.37. The molecule has 0 saturated heterocycles. The number of benzene rings is 2. The number of nitrogens with one attached hydrogen (secondary N) is 2. The molecular weight excluding hydrogens is 392 g/mol. The number of anilines is 1. The Morgan fingerprint density at radius 1 is 1.13 bits per heavy atom. The molecule has 1 heterocycles. The number of rotatable bonds is 5. The van der Waals surface area contributed by atoms with Gasteiger partial charge < -0.3 is 15.4 Å². The second kappa shape index (κ2) is 7.78. The maximum absolute atomic E-state index is 14.6. The molecule has 2 aromatic carbocycles. The molecule has 1 atom stereocenters. The van der Waals surface area contributed by atoms with Crippen molar-refractivity contribution in [3.05, 3.63) is 70.9 Å². The fourth-order valence-electron chi connectivity index (χ4n) is 3.76. The van der Waals surface area contributed by atoms with Crippen molar-refractivity contribution >= 4 is 17.6 Å². The van der Waals surface area contributed by atoms with Crippen LogP contribution in [0.25, 0.3) is 0 Å². The molecular formula is C22H21F2N3O3. The van der Waals surface area contributed by atoms with Crippen LogP contribution in [0.2, 0.25) is 0 Å². The molecule has 2 aliphatic rings. The SMILES string of the molecule is COc1ccccc1NC(=O)C1=C(C)N(C2CC2)C(=O)NC1c1c(F)cccc1F. The molecule has 1 saturated carbocycles. The van der Waals surface area contributed by atoms with Crippen LogP contribution in [-0.2, 0) is 4.79 Å². The molecule has 0 bridgehead atoms. The van der Waals surface area contributed by atoms with Crippen molar-refractivity contribution in [3.8, 4) is 5.75 Å². The van der Waals surface area contributed by atoms with Gasteiger partial charge in [0.05, 0.1) is 30.0 Å². The van der Waals surface area contributed by atoms with E-state index in [4.69, 9.17) is 4.74 Å². The Kier molecular flexibility index (Phi) is 5.15. The third-order valence-corrected chi connectivity index (χ3v) is 5.33. The first-order valence-electron chi connectivity index (χ1n) is 9.61. The molecule has 0 radical (unpaired) electrons. The lowest BCUT2D eigenvalue weighted by atomic mass is 9.93. The Morgan fingerprint density at radius 3 is 2.43 bits per heavy atom. The Bertz CT molecular complexity index is 1030. The van der Waals surface area contributed by atoms with E-state index >= 15 is 0 Å². The summed E-state index contributed by atoms with van der Waals surface area (Å²) < 4.78 is 34.4. The summed E-state index contributed by atoms with van der Waals surface area (Å²) >= 11 is 0. The number of hydrogen-bond donors (Lipinski definition) is 2. The van der Waals surface area contributed by atoms with Crippen LogP contribution in [0.15, 0.2) is 53.7 Å². The smallest absolute Gasteiger partial charge is 0.322 e. The number of para-hydroxylation sites is 2. The van der Waals surface area contributed by atoms with E-state index in [0.717, 1.165) is 25.0 Å². The van der Waals surface area contributed by atoms with E-state index in [1.54, 1.807) is 31.2 Å². The fraction of sp³-hybridized carbons (Fsp3) is 0.273. The van der Waals surface area contributed by atoms with Crippen LogP contribution in [0, 0.1) is 11.6 Å². The highest BCUT2D eigenvalue weighted by molar-refractivity contribution is 6.07. The molecule has 156 valence electrons. The van der Waals surface area contributed by atoms with Gasteiger partial charge in [0.1, 0.15) is 17.4 Å². The lowest BCUT2D eigenvalue weighted by molar-refractivity contribution is -0.113. The van der Waals surface area contributed by atoms with Crippen LogP contribution in [0.5, 0.6) is 5.75 Å². The van der Waals surface area contributed by atoms with Crippen LogP contribution in [0.1, 0.15) is 31.4 Å². The Balaban J connectivity index is 1.80. The van der Waals surface area contributed by atoms with Gasteiger partial charge in [0.25, 0.3) is 5.91 Å². The summed E-state index contributed by atoms with van der Waals surface area (Å²) in [5.41, 5.74) is 0.497. The van der Waals surface area contributed by atoms with E-state index in [1.807, 2.05) is 0 Å². The predicted octanol–water partition coefficient (Wildman–Crippen LogP) is 4.11. The standard InChI is InChI=1S/C22H21F2N3O3/c1-12-18(21(28)25-16-8-3-4-9-17(16)30-2)20(19-14(23)6-5-7-15(19)24)26-22(29)27(12)13-10-11-13/h3-9,13,20H,10-11H2,1-2H3,(H,25,28)(H,26,29). The molecule has 3 amide bonds. The van der Waals surface area contributed by atoms with Crippen molar-refractivity contribution in [2.75, 3.05) is 12.4 Å². The number of carbonyl (C=O) groups is 2. The number of ether oxygens (including phenoxy) is 1. The number of allylic oxidation sites excluding steroid dienone is 1. The van der Waals surface area contributed by atoms with Crippen LogP contribution in [0.3, 0.4) is 0 Å². The van der Waals surface area contributed by atoms with Gasteiger partial charge in [0.2, 0.25) is 0 Å². The number of urea groups is 1. The van der Waals surface area contributed by atoms with Crippen molar-refractivity contribution in [1.29, 1.82) is 0 Å². The summed E-state index contributed by atoms with van der Waals surface area (Å²) in [4.78, 5) is 27.5. The van der Waals surface area contributed by atoms with E-state index in [1.165, 1.54) is 18.1 Å². The summed E-state index contributed by atoms with van der Waals surface area (Å²) in [6.45, 7) is 1.62. The quantitative estimate of drug-likeness (QED) is 0.775. The van der Waals surface area contributed by atoms with Gasteiger partial charge >= 0.3 is 6.03 Å². The van der Waals surface area contributed by atoms with Crippen molar-refractivity contribution in [2.45, 2.75) is 31.8 Å². The zero-order chi connectivity index (χ0) is 21.4. The van der Waals surface area contributed by atoms with Gasteiger partial charge in [-0.05, 0) is 44.0 Å². The molecule has 6 nitrogen and oxygen atoms in total. The minimum Gasteiger partial charge on any atom is -0.495 e. The highest BCUT2D eigenvalue weighted by Crippen LogP contribution is 2.39. The molecule has 2 aromatic rings. The molecule has 1 fully saturated rings. The van der Waals surface area contributed by atoms with Gasteiger partial charge in [-0.25, -0.2) is 13.6 Å². The van der Waals surface area contributed by atoms with E-state index < -0.39 is 29.6 Å². The van der Waals surface area contributed by atoms with E-state index in [-0.39, 0.29) is 17.2 Å². The largest absolute Gasteiger partial charge is 0.495 e. The van der Waals surface area contributed by atoms with Crippen molar-refractivity contribution < 1.29 is 23.1 Å². The number of amides is 3. The Morgan fingerprint density at radius 2 is 1.80 bits per heavy atom. The molecule has 30 heavy (non-hydrogen) atoms. The third-order valence-electron chi connectivity index (χ3n) is 5.33. The van der Waals surface area contributed by atoms with Crippen molar-refractivity contribution in [2.24, 2.45) is 0 Å². The van der Waals surface area contributed by atoms with Gasteiger partial charge in [-0.15, -0.1) is 0 Å². The number of methoxy groups -OCH3 is 1. The van der Waals surface area contributed by atoms with Gasteiger partial charge in [-0.1, -0.05) is 18.2 Å². The molecule has 2 N–H and O–H groups in total. The average molecular weight is 413 g/mol. The summed E-state index contributed by atoms with van der Waals surface area (Å²) in [7, 11) is 1.47. The van der Waals surface area contributed by atoms with Crippen molar-refractivity contribution in [1.82, 2.24) is 10.2 Å². The molecule has 1 unspecified atom stereocenters. The lowest BCUT2D eigenvalue weighted by Crippen LogP contribution is -2.49. The first-order chi connectivity index (χ1) is 14.4. The van der Waals surface area contributed by atoms with Crippen LogP contribution >= 0.6 is 0 Å². The zero-order valence-corrected chi connectivity index (χ0v) is 16.5. The van der Waals surface area contributed by atoms with Crippen LogP contribution in [-0.4, -0.2) is 30.0 Å². The number of hydrogen-bond acceptors (Lipinski definition) is 3. The maximum Gasteiger partial charge on any atom is 0.322 e. The molecule has 4 rings (SSSR count). The van der Waals surface area contributed by atoms with Gasteiger partial charge in [-0.3, -0.25) is 9.69 Å². The summed E-state index contributed by atoms with van der Waals surface area (Å²) in [6.07, 6.45) is 1.62. The molecule has 1 aliphatic carbocycles. The van der Waals surface area contributed by atoms with Gasteiger partial charge in [0, 0.05) is 11.7 Å². The van der Waals surface area contributed by atoms with Crippen LogP contribution in [0.4, 0.5) is 19.3 Å². The zero-order valence-electron chi connectivity index (χ0n) is 16.5. The first-order valence-corrected chi connectivity index (χ1v) is 9.61. The highest BCUT2D eigenvalue weighted by atomic mass is 19.1. The molecule has 0 aromatic heterocycles. The van der Waals surface area contributed by atoms with E-state index in [2.05, 4.69) is 10.6 Å². The predicted molar refractivity (Wildman–Crippen MR) is 107 cm³/mol. The van der Waals surface area contributed by atoms with Gasteiger partial charge in [-0.2, -0.15) is 0 Å². The summed E-state index contributed by atoms with van der Waals surface area (Å²) in [6, 6.07) is 8.51. The molecule has 0 spiro atoms. The van der Waals surface area contributed by atoms with Crippen LogP contribution < -0.4 is 15.4 Å². The van der Waals surface area contributed by atoms with E-state index in [9.17, 15) is 18.4 Å². The summed E-state index contributed by atoms with van der Waals surface area (Å²) in [5.74, 6) is -1.81.